The Morgan fingerprint density at radius 1 is 1.35 bits per heavy atom. The minimum Gasteiger partial charge on any atom is -0.392 e. The predicted molar refractivity (Wildman–Crippen MR) is 77.6 cm³/mol. The van der Waals surface area contributed by atoms with Crippen molar-refractivity contribution in [3.8, 4) is 0 Å². The Morgan fingerprint density at radius 3 is 2.90 bits per heavy atom. The summed E-state index contributed by atoms with van der Waals surface area (Å²) < 4.78 is 0.785. The number of carbonyl (C=O) groups is 2. The first kappa shape index (κ1) is 13.7. The number of hydrogen-bond acceptors (Lipinski definition) is 4. The molecule has 1 aromatic carbocycles. The molecule has 3 rings (SSSR count). The molecule has 1 atom stereocenters. The molecule has 5 nitrogen and oxygen atoms in total. The monoisotopic (exact) mass is 338 g/mol. The molecular formula is C14H15BrN2O3. The van der Waals surface area contributed by atoms with E-state index in [0.717, 1.165) is 23.9 Å². The number of hydrogen-bond donors (Lipinski definition) is 1. The van der Waals surface area contributed by atoms with Crippen LogP contribution in [0.1, 0.15) is 23.2 Å². The van der Waals surface area contributed by atoms with Gasteiger partial charge in [-0.1, -0.05) is 15.9 Å². The Hall–Kier alpha value is -1.24. The van der Waals surface area contributed by atoms with Gasteiger partial charge in [-0.05, 0) is 31.0 Å². The Balaban J connectivity index is 1.84. The second-order valence-electron chi connectivity index (χ2n) is 5.24. The maximum Gasteiger partial charge on any atom is 0.300 e. The van der Waals surface area contributed by atoms with Crippen molar-refractivity contribution in [1.82, 2.24) is 4.90 Å². The number of piperidine rings is 1. The highest BCUT2D eigenvalue weighted by atomic mass is 79.9. The average molecular weight is 339 g/mol. The number of halogens is 1. The summed E-state index contributed by atoms with van der Waals surface area (Å²) in [6.45, 7) is 1.74. The molecule has 0 aliphatic carbocycles. The number of amides is 1. The number of aliphatic hydroxyl groups excluding tert-OH is 1. The summed E-state index contributed by atoms with van der Waals surface area (Å²) in [4.78, 5) is 27.6. The highest BCUT2D eigenvalue weighted by molar-refractivity contribution is 9.10. The number of Topliss-reactive ketones (excluding diaryl/α,β-unsaturated/α-hetero) is 1. The molecule has 0 spiro atoms. The van der Waals surface area contributed by atoms with Crippen LogP contribution in [-0.2, 0) is 4.79 Å². The highest BCUT2D eigenvalue weighted by Crippen LogP contribution is 2.31. The van der Waals surface area contributed by atoms with Crippen molar-refractivity contribution in [2.45, 2.75) is 18.9 Å². The molecule has 2 aliphatic rings. The second kappa shape index (κ2) is 5.27. The van der Waals surface area contributed by atoms with Gasteiger partial charge in [0, 0.05) is 17.6 Å². The van der Waals surface area contributed by atoms with Gasteiger partial charge < -0.3 is 5.11 Å². The molecule has 1 fully saturated rings. The minimum atomic E-state index is -0.488. The molecule has 0 bridgehead atoms. The fourth-order valence-corrected chi connectivity index (χ4v) is 3.13. The summed E-state index contributed by atoms with van der Waals surface area (Å²) in [6.07, 6.45) is 1.36. The van der Waals surface area contributed by atoms with Crippen molar-refractivity contribution < 1.29 is 14.7 Å². The summed E-state index contributed by atoms with van der Waals surface area (Å²) in [7, 11) is 0. The van der Waals surface area contributed by atoms with E-state index in [4.69, 9.17) is 0 Å². The van der Waals surface area contributed by atoms with E-state index in [1.807, 2.05) is 11.0 Å². The van der Waals surface area contributed by atoms with E-state index in [1.54, 1.807) is 12.1 Å². The van der Waals surface area contributed by atoms with Crippen molar-refractivity contribution in [3.05, 3.63) is 28.2 Å². The maximum atomic E-state index is 12.1. The third-order valence-corrected chi connectivity index (χ3v) is 4.25. The highest BCUT2D eigenvalue weighted by Gasteiger charge is 2.37. The topological polar surface area (TPSA) is 60.9 Å². The van der Waals surface area contributed by atoms with Crippen LogP contribution < -0.4 is 4.90 Å². The fourth-order valence-electron chi connectivity index (χ4n) is 2.77. The zero-order valence-corrected chi connectivity index (χ0v) is 12.5. The van der Waals surface area contributed by atoms with E-state index in [0.29, 0.717) is 24.5 Å². The molecule has 0 radical (unpaired) electrons. The van der Waals surface area contributed by atoms with Crippen LogP contribution in [0.25, 0.3) is 0 Å². The number of nitrogens with zero attached hydrogens (tertiary/aromatic N) is 2. The van der Waals surface area contributed by atoms with Crippen molar-refractivity contribution in [2.75, 3.05) is 24.7 Å². The van der Waals surface area contributed by atoms with Crippen LogP contribution >= 0.6 is 15.9 Å². The van der Waals surface area contributed by atoms with Crippen molar-refractivity contribution in [3.63, 3.8) is 0 Å². The summed E-state index contributed by atoms with van der Waals surface area (Å²) in [6, 6.07) is 5.28. The summed E-state index contributed by atoms with van der Waals surface area (Å²) >= 11 is 3.31. The number of aliphatic hydroxyl groups is 1. The van der Waals surface area contributed by atoms with Gasteiger partial charge >= 0.3 is 5.91 Å². The second-order valence-corrected chi connectivity index (χ2v) is 6.15. The first-order valence-corrected chi connectivity index (χ1v) is 7.42. The first-order chi connectivity index (χ1) is 9.56. The van der Waals surface area contributed by atoms with Gasteiger partial charge in [-0.2, -0.15) is 0 Å². The molecule has 0 saturated carbocycles. The number of fused-ring (bicyclic) bond motifs is 1. The van der Waals surface area contributed by atoms with Crippen LogP contribution in [0.3, 0.4) is 0 Å². The lowest BCUT2D eigenvalue weighted by atomic mass is 10.1. The number of ketones is 1. The van der Waals surface area contributed by atoms with E-state index in [9.17, 15) is 14.7 Å². The van der Waals surface area contributed by atoms with Crippen molar-refractivity contribution in [2.24, 2.45) is 0 Å². The van der Waals surface area contributed by atoms with E-state index in [1.165, 1.54) is 4.90 Å². The van der Waals surface area contributed by atoms with E-state index < -0.39 is 11.7 Å². The molecule has 1 N–H and O–H groups in total. The van der Waals surface area contributed by atoms with Crippen molar-refractivity contribution >= 4 is 33.3 Å². The minimum absolute atomic E-state index is 0.346. The smallest absolute Gasteiger partial charge is 0.300 e. The largest absolute Gasteiger partial charge is 0.392 e. The summed E-state index contributed by atoms with van der Waals surface area (Å²) in [5.41, 5.74) is 1.10. The normalized spacial score (nSPS) is 23.3. The standard InChI is InChI=1S/C14H15BrN2O3/c15-9-3-4-12-11(6-9)13(19)14(20)17(12)8-16-5-1-2-10(18)7-16/h3-4,6,10,18H,1-2,5,7-8H2/t10-/m1/s1. The quantitative estimate of drug-likeness (QED) is 0.828. The Labute approximate surface area is 125 Å². The van der Waals surface area contributed by atoms with Crippen LogP contribution in [-0.4, -0.2) is 47.6 Å². The molecule has 1 saturated heterocycles. The zero-order chi connectivity index (χ0) is 14.3. The van der Waals surface area contributed by atoms with E-state index in [-0.39, 0.29) is 6.10 Å². The van der Waals surface area contributed by atoms with Crippen LogP contribution in [0.5, 0.6) is 0 Å². The number of β-amino-alcohol motifs (C(OH)–C–C–N with tert-alkyl or cyclic N) is 1. The van der Waals surface area contributed by atoms with Crippen molar-refractivity contribution in [1.29, 1.82) is 0 Å². The molecule has 1 amide bonds. The molecule has 6 heteroatoms. The SMILES string of the molecule is O=C1C(=O)N(CN2CCC[C@@H](O)C2)c2ccc(Br)cc21. The summed E-state index contributed by atoms with van der Waals surface area (Å²) in [5, 5.41) is 9.68. The van der Waals surface area contributed by atoms with Crippen LogP contribution in [0.2, 0.25) is 0 Å². The van der Waals surface area contributed by atoms with Crippen LogP contribution in [0, 0.1) is 0 Å². The Morgan fingerprint density at radius 2 is 2.15 bits per heavy atom. The van der Waals surface area contributed by atoms with E-state index >= 15 is 0 Å². The lowest BCUT2D eigenvalue weighted by Gasteiger charge is -2.33. The number of carbonyl (C=O) groups excluding carboxylic acids is 2. The Bertz CT molecular complexity index is 576. The average Bonchev–Trinajstić information content (AvgIpc) is 2.64. The third kappa shape index (κ3) is 2.39. The molecule has 1 aromatic rings. The van der Waals surface area contributed by atoms with Gasteiger partial charge in [0.05, 0.1) is 24.0 Å². The third-order valence-electron chi connectivity index (χ3n) is 3.76. The van der Waals surface area contributed by atoms with E-state index in [2.05, 4.69) is 15.9 Å². The number of rotatable bonds is 2. The van der Waals surface area contributed by atoms with Gasteiger partial charge in [0.15, 0.2) is 0 Å². The lowest BCUT2D eigenvalue weighted by Crippen LogP contribution is -2.46. The molecule has 2 aliphatic heterocycles. The Kier molecular flexibility index (Phi) is 3.62. The van der Waals surface area contributed by atoms with Gasteiger partial charge in [-0.3, -0.25) is 19.4 Å². The number of likely N-dealkylation sites (tertiary alicyclic amines) is 1. The molecule has 2 heterocycles. The van der Waals surface area contributed by atoms with Crippen LogP contribution in [0.15, 0.2) is 22.7 Å². The van der Waals surface area contributed by atoms with Gasteiger partial charge in [0.2, 0.25) is 0 Å². The predicted octanol–water partition coefficient (Wildman–Crippen LogP) is 1.39. The zero-order valence-electron chi connectivity index (χ0n) is 10.9. The van der Waals surface area contributed by atoms with Gasteiger partial charge in [-0.25, -0.2) is 0 Å². The van der Waals surface area contributed by atoms with Gasteiger partial charge in [0.1, 0.15) is 0 Å². The van der Waals surface area contributed by atoms with Gasteiger partial charge in [0.25, 0.3) is 5.78 Å². The number of anilines is 1. The van der Waals surface area contributed by atoms with Gasteiger partial charge in [-0.15, -0.1) is 0 Å². The molecule has 20 heavy (non-hydrogen) atoms. The number of benzene rings is 1. The lowest BCUT2D eigenvalue weighted by molar-refractivity contribution is -0.114. The molecule has 106 valence electrons. The summed E-state index contributed by atoms with van der Waals surface area (Å²) in [5.74, 6) is -0.947. The molecular weight excluding hydrogens is 324 g/mol. The first-order valence-electron chi connectivity index (χ1n) is 6.62. The molecule has 0 unspecified atom stereocenters. The molecule has 0 aromatic heterocycles. The maximum absolute atomic E-state index is 12.1. The van der Waals surface area contributed by atoms with Crippen LogP contribution in [0.4, 0.5) is 5.69 Å². The fraction of sp³-hybridized carbons (Fsp3) is 0.429.